The molecule has 3 aliphatic rings. The van der Waals surface area contributed by atoms with Gasteiger partial charge in [-0.05, 0) is 41.9 Å². The van der Waals surface area contributed by atoms with Crippen molar-refractivity contribution in [2.75, 3.05) is 19.6 Å². The number of piperazine rings is 1. The minimum absolute atomic E-state index is 0.00391. The molecular formula is C23H24N2O2. The molecule has 4 nitrogen and oxygen atoms in total. The predicted molar refractivity (Wildman–Crippen MR) is 103 cm³/mol. The molecule has 0 N–H and O–H groups in total. The first kappa shape index (κ1) is 16.5. The molecule has 2 aromatic rings. The summed E-state index contributed by atoms with van der Waals surface area (Å²) in [5, 5.41) is 0. The molecule has 5 rings (SSSR count). The van der Waals surface area contributed by atoms with Crippen molar-refractivity contribution in [3.63, 3.8) is 0 Å². The Bertz CT molecular complexity index is 875. The summed E-state index contributed by atoms with van der Waals surface area (Å²) >= 11 is 0. The Morgan fingerprint density at radius 2 is 1.74 bits per heavy atom. The number of fused-ring (bicyclic) bond motifs is 3. The second-order valence-electron chi connectivity index (χ2n) is 8.00. The highest BCUT2D eigenvalue weighted by molar-refractivity contribution is 5.90. The van der Waals surface area contributed by atoms with Crippen LogP contribution in [0.5, 0.6) is 0 Å². The molecule has 2 aromatic carbocycles. The van der Waals surface area contributed by atoms with Gasteiger partial charge >= 0.3 is 0 Å². The fraction of sp³-hybridized carbons (Fsp3) is 0.391. The first-order valence-corrected chi connectivity index (χ1v) is 9.93. The van der Waals surface area contributed by atoms with Crippen molar-refractivity contribution in [2.24, 2.45) is 5.92 Å². The third-order valence-electron chi connectivity index (χ3n) is 6.28. The van der Waals surface area contributed by atoms with Crippen LogP contribution in [0.15, 0.2) is 54.6 Å². The molecule has 138 valence electrons. The van der Waals surface area contributed by atoms with Gasteiger partial charge in [-0.2, -0.15) is 0 Å². The number of nitrogens with zero attached hydrogens (tertiary/aromatic N) is 2. The van der Waals surface area contributed by atoms with Crippen molar-refractivity contribution in [3.8, 4) is 0 Å². The second-order valence-corrected chi connectivity index (χ2v) is 8.00. The van der Waals surface area contributed by atoms with Crippen LogP contribution >= 0.6 is 0 Å². The van der Waals surface area contributed by atoms with Gasteiger partial charge in [0.15, 0.2) is 0 Å². The van der Waals surface area contributed by atoms with E-state index < -0.39 is 0 Å². The highest BCUT2D eigenvalue weighted by Gasteiger charge is 2.44. The van der Waals surface area contributed by atoms with Gasteiger partial charge in [0, 0.05) is 13.1 Å². The van der Waals surface area contributed by atoms with Crippen molar-refractivity contribution in [2.45, 2.75) is 31.2 Å². The monoisotopic (exact) mass is 360 g/mol. The summed E-state index contributed by atoms with van der Waals surface area (Å²) in [6.45, 7) is 1.58. The lowest BCUT2D eigenvalue weighted by atomic mass is 9.89. The fourth-order valence-electron chi connectivity index (χ4n) is 4.75. The number of hydrogen-bond donors (Lipinski definition) is 0. The van der Waals surface area contributed by atoms with E-state index in [4.69, 9.17) is 0 Å². The van der Waals surface area contributed by atoms with Crippen LogP contribution < -0.4 is 0 Å². The number of rotatable bonds is 3. The maximum atomic E-state index is 13.5. The summed E-state index contributed by atoms with van der Waals surface area (Å²) in [6, 6.07) is 18.4. The minimum Gasteiger partial charge on any atom is -0.332 e. The summed E-state index contributed by atoms with van der Waals surface area (Å²) in [6.07, 6.45) is 3.11. The Balaban J connectivity index is 1.44. The van der Waals surface area contributed by atoms with Crippen LogP contribution in [-0.4, -0.2) is 41.2 Å². The minimum atomic E-state index is -0.107. The lowest BCUT2D eigenvalue weighted by Gasteiger charge is -2.45. The Kier molecular flexibility index (Phi) is 4.00. The summed E-state index contributed by atoms with van der Waals surface area (Å²) in [5.41, 5.74) is 3.60. The fourth-order valence-corrected chi connectivity index (χ4v) is 4.75. The number of carbonyl (C=O) groups excluding carboxylic acids is 2. The van der Waals surface area contributed by atoms with Gasteiger partial charge < -0.3 is 9.80 Å². The van der Waals surface area contributed by atoms with E-state index in [0.29, 0.717) is 12.5 Å². The van der Waals surface area contributed by atoms with Gasteiger partial charge in [-0.3, -0.25) is 9.59 Å². The molecular weight excluding hydrogens is 336 g/mol. The molecule has 27 heavy (non-hydrogen) atoms. The zero-order chi connectivity index (χ0) is 18.4. The third-order valence-corrected chi connectivity index (χ3v) is 6.28. The Morgan fingerprint density at radius 3 is 2.52 bits per heavy atom. The summed E-state index contributed by atoms with van der Waals surface area (Å²) in [5.74, 6) is 0.521. The van der Waals surface area contributed by atoms with Crippen molar-refractivity contribution < 1.29 is 9.59 Å². The molecule has 2 amide bonds. The zero-order valence-corrected chi connectivity index (χ0v) is 15.4. The van der Waals surface area contributed by atoms with Gasteiger partial charge in [0.1, 0.15) is 0 Å². The molecule has 1 aliphatic carbocycles. The van der Waals surface area contributed by atoms with Gasteiger partial charge in [-0.15, -0.1) is 0 Å². The van der Waals surface area contributed by atoms with E-state index in [1.165, 1.54) is 11.1 Å². The number of carbonyl (C=O) groups is 2. The summed E-state index contributed by atoms with van der Waals surface area (Å²) in [7, 11) is 0. The van der Waals surface area contributed by atoms with Crippen LogP contribution in [0.2, 0.25) is 0 Å². The summed E-state index contributed by atoms with van der Waals surface area (Å²) < 4.78 is 0. The van der Waals surface area contributed by atoms with E-state index in [1.807, 2.05) is 34.1 Å². The largest absolute Gasteiger partial charge is 0.332 e. The Hall–Kier alpha value is -2.62. The highest BCUT2D eigenvalue weighted by atomic mass is 16.2. The van der Waals surface area contributed by atoms with Gasteiger partial charge in [-0.1, -0.05) is 54.6 Å². The molecule has 2 fully saturated rings. The lowest BCUT2D eigenvalue weighted by molar-refractivity contribution is -0.150. The molecule has 4 heteroatoms. The number of hydrogen-bond acceptors (Lipinski definition) is 2. The molecule has 0 radical (unpaired) electrons. The topological polar surface area (TPSA) is 40.6 Å². The van der Waals surface area contributed by atoms with Gasteiger partial charge in [0.05, 0.1) is 18.5 Å². The predicted octanol–water partition coefficient (Wildman–Crippen LogP) is 3.15. The van der Waals surface area contributed by atoms with Crippen LogP contribution in [0.1, 0.15) is 41.5 Å². The summed E-state index contributed by atoms with van der Waals surface area (Å²) in [4.78, 5) is 30.1. The molecule has 1 saturated carbocycles. The first-order chi connectivity index (χ1) is 13.2. The highest BCUT2D eigenvalue weighted by Crippen LogP contribution is 2.44. The van der Waals surface area contributed by atoms with Gasteiger partial charge in [0.25, 0.3) is 0 Å². The molecule has 2 heterocycles. The second kappa shape index (κ2) is 6.52. The molecule has 0 bridgehead atoms. The van der Waals surface area contributed by atoms with Crippen molar-refractivity contribution in [1.29, 1.82) is 0 Å². The van der Waals surface area contributed by atoms with Crippen molar-refractivity contribution in [1.82, 2.24) is 9.80 Å². The van der Waals surface area contributed by atoms with Gasteiger partial charge in [-0.25, -0.2) is 0 Å². The van der Waals surface area contributed by atoms with E-state index in [9.17, 15) is 9.59 Å². The molecule has 2 unspecified atom stereocenters. The van der Waals surface area contributed by atoms with Crippen molar-refractivity contribution >= 4 is 11.8 Å². The lowest BCUT2D eigenvalue weighted by Crippen LogP contribution is -2.56. The standard InChI is InChI=1S/C23H24N2O2/c26-21-15-24(14-20-19-9-5-4-6-16(19)12-13-25(20)21)23(27)22(18-10-11-18)17-7-2-1-3-8-17/h1-9,18,20,22H,10-15H2. The molecule has 0 spiro atoms. The smallest absolute Gasteiger partial charge is 0.242 e. The van der Waals surface area contributed by atoms with E-state index >= 15 is 0 Å². The van der Waals surface area contributed by atoms with Crippen LogP contribution in [-0.2, 0) is 16.0 Å². The SMILES string of the molecule is O=C(C(c1ccccc1)C1CC1)N1CC(=O)N2CCc3ccccc3C2C1. The quantitative estimate of drug-likeness (QED) is 0.844. The maximum Gasteiger partial charge on any atom is 0.242 e. The molecule has 2 atom stereocenters. The van der Waals surface area contributed by atoms with Crippen LogP contribution in [0, 0.1) is 5.92 Å². The van der Waals surface area contributed by atoms with E-state index in [-0.39, 0.29) is 30.3 Å². The Morgan fingerprint density at radius 1 is 1.00 bits per heavy atom. The van der Waals surface area contributed by atoms with Crippen molar-refractivity contribution in [3.05, 3.63) is 71.3 Å². The Labute approximate surface area is 159 Å². The zero-order valence-electron chi connectivity index (χ0n) is 15.4. The van der Waals surface area contributed by atoms with Crippen LogP contribution in [0.25, 0.3) is 0 Å². The van der Waals surface area contributed by atoms with Crippen LogP contribution in [0.3, 0.4) is 0 Å². The normalized spacial score (nSPS) is 22.8. The van der Waals surface area contributed by atoms with Crippen LogP contribution in [0.4, 0.5) is 0 Å². The molecule has 2 aliphatic heterocycles. The van der Waals surface area contributed by atoms with E-state index in [0.717, 1.165) is 31.4 Å². The van der Waals surface area contributed by atoms with E-state index in [2.05, 4.69) is 30.3 Å². The van der Waals surface area contributed by atoms with E-state index in [1.54, 1.807) is 0 Å². The third kappa shape index (κ3) is 2.93. The molecule has 0 aromatic heterocycles. The average Bonchev–Trinajstić information content (AvgIpc) is 3.53. The van der Waals surface area contributed by atoms with Gasteiger partial charge in [0.2, 0.25) is 11.8 Å². The number of amides is 2. The average molecular weight is 360 g/mol. The maximum absolute atomic E-state index is 13.5. The number of benzene rings is 2. The first-order valence-electron chi connectivity index (χ1n) is 9.93. The molecule has 1 saturated heterocycles.